The number of nitrogens with zero attached hydrogens (tertiary/aromatic N) is 1. The lowest BCUT2D eigenvalue weighted by Gasteiger charge is -2.15. The van der Waals surface area contributed by atoms with E-state index in [2.05, 4.69) is 41.8 Å². The van der Waals surface area contributed by atoms with E-state index in [0.717, 1.165) is 14.0 Å². The topological polar surface area (TPSA) is 75.7 Å². The molecule has 172 valence electrons. The molecule has 1 aliphatic heterocycles. The van der Waals surface area contributed by atoms with E-state index >= 15 is 0 Å². The first-order valence-corrected chi connectivity index (χ1v) is 11.9. The first-order chi connectivity index (χ1) is 16.2. The maximum Gasteiger partial charge on any atom is 0.343 e. The van der Waals surface area contributed by atoms with Crippen LogP contribution in [0.15, 0.2) is 83.5 Å². The van der Waals surface area contributed by atoms with Crippen LogP contribution in [0.4, 0.5) is 11.4 Å². The van der Waals surface area contributed by atoms with Crippen LogP contribution in [0.2, 0.25) is 0 Å². The van der Waals surface area contributed by atoms with Gasteiger partial charge in [-0.3, -0.25) is 9.59 Å². The van der Waals surface area contributed by atoms with E-state index in [1.54, 1.807) is 60.7 Å². The third-order valence-corrected chi connectivity index (χ3v) is 6.33. The van der Waals surface area contributed by atoms with Gasteiger partial charge < -0.3 is 10.1 Å². The fraction of sp³-hybridized carbons (Fsp3) is 0.115. The van der Waals surface area contributed by atoms with E-state index in [1.165, 1.54) is 0 Å². The third-order valence-electron chi connectivity index (χ3n) is 5.26. The molecule has 0 radical (unpaired) electrons. The van der Waals surface area contributed by atoms with Crippen molar-refractivity contribution in [2.45, 2.75) is 19.8 Å². The summed E-state index contributed by atoms with van der Waals surface area (Å²) >= 11 is 8.32. The van der Waals surface area contributed by atoms with Crippen molar-refractivity contribution in [3.05, 3.63) is 98.2 Å². The van der Waals surface area contributed by atoms with Gasteiger partial charge in [0.25, 0.3) is 11.8 Å². The van der Waals surface area contributed by atoms with Crippen molar-refractivity contribution in [1.82, 2.24) is 0 Å². The third kappa shape index (κ3) is 5.00. The Morgan fingerprint density at radius 3 is 2.12 bits per heavy atom. The van der Waals surface area contributed by atoms with Gasteiger partial charge >= 0.3 is 5.97 Å². The first-order valence-electron chi connectivity index (χ1n) is 10.5. The molecule has 0 saturated carbocycles. The molecule has 34 heavy (non-hydrogen) atoms. The monoisotopic (exact) mass is 586 g/mol. The molecule has 0 bridgehead atoms. The van der Waals surface area contributed by atoms with E-state index in [9.17, 15) is 14.4 Å². The van der Waals surface area contributed by atoms with E-state index in [1.807, 2.05) is 12.1 Å². The molecular weight excluding hydrogens is 567 g/mol. The number of halogens is 2. The molecule has 1 N–H and O–H groups in total. The van der Waals surface area contributed by atoms with Gasteiger partial charge in [-0.2, -0.15) is 0 Å². The number of nitrogens with one attached hydrogen (secondary N) is 1. The van der Waals surface area contributed by atoms with Crippen LogP contribution in [-0.2, 0) is 9.59 Å². The van der Waals surface area contributed by atoms with Crippen LogP contribution >= 0.6 is 34.2 Å². The van der Waals surface area contributed by atoms with Crippen LogP contribution in [-0.4, -0.2) is 17.8 Å². The van der Waals surface area contributed by atoms with Crippen molar-refractivity contribution in [3.8, 4) is 5.75 Å². The molecule has 0 atom stereocenters. The van der Waals surface area contributed by atoms with Gasteiger partial charge in [-0.15, -0.1) is 0 Å². The summed E-state index contributed by atoms with van der Waals surface area (Å²) in [6, 6.07) is 20.7. The van der Waals surface area contributed by atoms with E-state index in [0.29, 0.717) is 28.6 Å². The van der Waals surface area contributed by atoms with E-state index < -0.39 is 17.8 Å². The first kappa shape index (κ1) is 24.0. The van der Waals surface area contributed by atoms with Crippen LogP contribution in [0, 0.1) is 3.57 Å². The predicted molar refractivity (Wildman–Crippen MR) is 140 cm³/mol. The molecule has 6 nitrogen and oxygen atoms in total. The smallest absolute Gasteiger partial charge is 0.343 e. The van der Waals surface area contributed by atoms with Crippen molar-refractivity contribution in [1.29, 1.82) is 0 Å². The second kappa shape index (κ2) is 9.99. The molecule has 3 aromatic carbocycles. The molecular formula is C26H20ClIN2O4. The number of imide groups is 1. The summed E-state index contributed by atoms with van der Waals surface area (Å²) in [5.41, 5.74) is 2.41. The summed E-state index contributed by atoms with van der Waals surface area (Å²) < 4.78 is 6.41. The molecule has 2 amide bonds. The number of amides is 2. The van der Waals surface area contributed by atoms with Crippen LogP contribution in [0.1, 0.15) is 35.7 Å². The summed E-state index contributed by atoms with van der Waals surface area (Å²) in [7, 11) is 0. The molecule has 0 saturated heterocycles. The van der Waals surface area contributed by atoms with Gasteiger partial charge in [-0.1, -0.05) is 37.6 Å². The molecule has 0 spiro atoms. The number of hydrogen-bond donors (Lipinski definition) is 1. The Morgan fingerprint density at radius 2 is 1.53 bits per heavy atom. The second-order valence-corrected chi connectivity index (χ2v) is 9.55. The lowest BCUT2D eigenvalue weighted by atomic mass is 10.0. The van der Waals surface area contributed by atoms with Crippen molar-refractivity contribution in [3.63, 3.8) is 0 Å². The minimum atomic E-state index is -0.598. The molecule has 1 aliphatic rings. The second-order valence-electron chi connectivity index (χ2n) is 7.93. The van der Waals surface area contributed by atoms with Crippen molar-refractivity contribution >= 4 is 63.4 Å². The van der Waals surface area contributed by atoms with Gasteiger partial charge in [-0.05, 0) is 94.7 Å². The fourth-order valence-electron chi connectivity index (χ4n) is 3.36. The van der Waals surface area contributed by atoms with Gasteiger partial charge in [0.15, 0.2) is 0 Å². The Labute approximate surface area is 215 Å². The zero-order valence-corrected chi connectivity index (χ0v) is 21.3. The molecule has 1 heterocycles. The number of ether oxygens (including phenoxy) is 1. The highest BCUT2D eigenvalue weighted by Crippen LogP contribution is 2.30. The molecule has 0 aromatic heterocycles. The lowest BCUT2D eigenvalue weighted by Crippen LogP contribution is -2.32. The lowest BCUT2D eigenvalue weighted by molar-refractivity contribution is -0.120. The maximum atomic E-state index is 12.9. The van der Waals surface area contributed by atoms with Gasteiger partial charge in [0.1, 0.15) is 16.5 Å². The van der Waals surface area contributed by atoms with Crippen LogP contribution < -0.4 is 15.0 Å². The standard InChI is InChI=1S/C26H20ClIN2O4/c1-15(2)16-5-13-21(14-6-16)34-26(33)17-3-9-19(10-4-17)29-23-22(27)24(31)30(25(23)32)20-11-7-18(28)8-12-20/h3-15,29H,1-2H3. The quantitative estimate of drug-likeness (QED) is 0.164. The highest BCUT2D eigenvalue weighted by atomic mass is 127. The average molecular weight is 587 g/mol. The summed E-state index contributed by atoms with van der Waals surface area (Å²) in [6.45, 7) is 4.18. The average Bonchev–Trinajstić information content (AvgIpc) is 3.03. The summed E-state index contributed by atoms with van der Waals surface area (Å²) in [5, 5.41) is 2.70. The van der Waals surface area contributed by atoms with Crippen molar-refractivity contribution in [2.75, 3.05) is 10.2 Å². The number of carbonyl (C=O) groups is 3. The molecule has 0 aliphatic carbocycles. The molecule has 0 fully saturated rings. The Bertz CT molecular complexity index is 1280. The van der Waals surface area contributed by atoms with Gasteiger partial charge in [-0.25, -0.2) is 9.69 Å². The molecule has 3 aromatic rings. The zero-order chi connectivity index (χ0) is 24.4. The number of anilines is 2. The summed E-state index contributed by atoms with van der Waals surface area (Å²) in [6.07, 6.45) is 0. The maximum absolute atomic E-state index is 12.9. The number of benzene rings is 3. The number of carbonyl (C=O) groups excluding carboxylic acids is 3. The van der Waals surface area contributed by atoms with Crippen LogP contribution in [0.25, 0.3) is 0 Å². The van der Waals surface area contributed by atoms with Gasteiger partial charge in [0.2, 0.25) is 0 Å². The van der Waals surface area contributed by atoms with Gasteiger partial charge in [0, 0.05) is 9.26 Å². The number of hydrogen-bond acceptors (Lipinski definition) is 5. The van der Waals surface area contributed by atoms with Crippen LogP contribution in [0.3, 0.4) is 0 Å². The SMILES string of the molecule is CC(C)c1ccc(OC(=O)c2ccc(NC3=C(Cl)C(=O)N(c4ccc(I)cc4)C3=O)cc2)cc1. The van der Waals surface area contributed by atoms with Crippen molar-refractivity contribution < 1.29 is 19.1 Å². The largest absolute Gasteiger partial charge is 0.423 e. The van der Waals surface area contributed by atoms with Crippen molar-refractivity contribution in [2.24, 2.45) is 0 Å². The van der Waals surface area contributed by atoms with Crippen LogP contribution in [0.5, 0.6) is 5.75 Å². The minimum absolute atomic E-state index is 0.0224. The summed E-state index contributed by atoms with van der Waals surface area (Å²) in [5.74, 6) is -0.805. The van der Waals surface area contributed by atoms with E-state index in [-0.39, 0.29) is 10.7 Å². The number of rotatable bonds is 6. The molecule has 4 rings (SSSR count). The Morgan fingerprint density at radius 1 is 0.912 bits per heavy atom. The minimum Gasteiger partial charge on any atom is -0.423 e. The fourth-order valence-corrected chi connectivity index (χ4v) is 3.93. The highest BCUT2D eigenvalue weighted by Gasteiger charge is 2.38. The molecule has 8 heteroatoms. The van der Waals surface area contributed by atoms with E-state index in [4.69, 9.17) is 16.3 Å². The summed E-state index contributed by atoms with van der Waals surface area (Å²) in [4.78, 5) is 39.0. The molecule has 0 unspecified atom stereocenters. The Kier molecular flexibility index (Phi) is 7.04. The highest BCUT2D eigenvalue weighted by molar-refractivity contribution is 14.1. The Balaban J connectivity index is 1.44. The Hall–Kier alpha value is -3.17. The normalized spacial score (nSPS) is 13.6. The van der Waals surface area contributed by atoms with Gasteiger partial charge in [0.05, 0.1) is 11.3 Å². The predicted octanol–water partition coefficient (Wildman–Crippen LogP) is 6.07. The zero-order valence-electron chi connectivity index (χ0n) is 18.3. The number of esters is 1.